The quantitative estimate of drug-likeness (QED) is 0.439. The van der Waals surface area contributed by atoms with Gasteiger partial charge < -0.3 is 9.42 Å². The number of thioether (sulfide) groups is 1. The zero-order chi connectivity index (χ0) is 11.2. The number of amidine groups is 1. The van der Waals surface area contributed by atoms with Gasteiger partial charge in [0.05, 0.1) is 0 Å². The third-order valence-corrected chi connectivity index (χ3v) is 5.90. The van der Waals surface area contributed by atoms with Crippen LogP contribution in [-0.4, -0.2) is 43.3 Å². The van der Waals surface area contributed by atoms with Gasteiger partial charge >= 0.3 is 6.72 Å². The molecule has 0 radical (unpaired) electrons. The maximum absolute atomic E-state index is 11.9. The van der Waals surface area contributed by atoms with Crippen LogP contribution in [0.15, 0.2) is 4.76 Å². The highest BCUT2D eigenvalue weighted by Gasteiger charge is 2.20. The van der Waals surface area contributed by atoms with Crippen molar-refractivity contribution in [2.24, 2.45) is 4.76 Å². The number of nitrogens with zero attached hydrogens (tertiary/aromatic N) is 2. The van der Waals surface area contributed by atoms with Gasteiger partial charge in [-0.3, -0.25) is 4.57 Å². The fourth-order valence-electron chi connectivity index (χ4n) is 0.637. The molecule has 0 bridgehead atoms. The maximum Gasteiger partial charge on any atom is 0.373 e. The second-order valence-electron chi connectivity index (χ2n) is 2.54. The van der Waals surface area contributed by atoms with E-state index in [-0.39, 0.29) is 0 Å². The molecule has 0 aromatic rings. The molecule has 84 valence electrons. The van der Waals surface area contributed by atoms with Crippen molar-refractivity contribution < 1.29 is 9.09 Å². The molecular formula is C7H17N2O2PS2. The SMILES string of the molecule is CCSC(=NP(=O)(OC)SC)N(C)C. The number of hydrogen-bond acceptors (Lipinski definition) is 4. The van der Waals surface area contributed by atoms with Gasteiger partial charge in [0.25, 0.3) is 0 Å². The fourth-order valence-corrected chi connectivity index (χ4v) is 3.49. The van der Waals surface area contributed by atoms with E-state index in [0.717, 1.165) is 22.3 Å². The molecule has 0 rings (SSSR count). The Balaban J connectivity index is 4.78. The topological polar surface area (TPSA) is 41.9 Å². The molecule has 0 spiro atoms. The second-order valence-corrected chi connectivity index (χ2v) is 8.12. The van der Waals surface area contributed by atoms with E-state index in [2.05, 4.69) is 4.76 Å². The van der Waals surface area contributed by atoms with E-state index in [0.29, 0.717) is 0 Å². The van der Waals surface area contributed by atoms with Crippen molar-refractivity contribution >= 4 is 35.0 Å². The van der Waals surface area contributed by atoms with Crippen molar-refractivity contribution in [3.05, 3.63) is 0 Å². The minimum atomic E-state index is -2.88. The molecule has 0 saturated carbocycles. The van der Waals surface area contributed by atoms with E-state index in [4.69, 9.17) is 4.52 Å². The highest BCUT2D eigenvalue weighted by molar-refractivity contribution is 8.56. The lowest BCUT2D eigenvalue weighted by Gasteiger charge is -2.16. The smallest absolute Gasteiger partial charge is 0.357 e. The largest absolute Gasteiger partial charge is 0.373 e. The first-order chi connectivity index (χ1) is 6.49. The first-order valence-electron chi connectivity index (χ1n) is 4.11. The summed E-state index contributed by atoms with van der Waals surface area (Å²) in [7, 11) is 5.17. The van der Waals surface area contributed by atoms with Crippen LogP contribution in [0.25, 0.3) is 0 Å². The van der Waals surface area contributed by atoms with Crippen molar-refractivity contribution in [3.63, 3.8) is 0 Å². The van der Waals surface area contributed by atoms with E-state index >= 15 is 0 Å². The summed E-state index contributed by atoms with van der Waals surface area (Å²) in [6, 6.07) is 0. The van der Waals surface area contributed by atoms with Gasteiger partial charge in [0, 0.05) is 21.2 Å². The molecule has 14 heavy (non-hydrogen) atoms. The first kappa shape index (κ1) is 14.4. The van der Waals surface area contributed by atoms with Gasteiger partial charge in [-0.15, -0.1) is 0 Å². The molecule has 0 aliphatic heterocycles. The van der Waals surface area contributed by atoms with E-state index in [1.54, 1.807) is 18.0 Å². The molecule has 7 heteroatoms. The Morgan fingerprint density at radius 2 is 2.14 bits per heavy atom. The summed E-state index contributed by atoms with van der Waals surface area (Å²) in [6.07, 6.45) is 1.73. The van der Waals surface area contributed by atoms with E-state index in [1.807, 2.05) is 25.9 Å². The summed E-state index contributed by atoms with van der Waals surface area (Å²) in [5, 5.41) is 0.743. The molecule has 1 atom stereocenters. The van der Waals surface area contributed by atoms with Crippen LogP contribution >= 0.6 is 29.9 Å². The van der Waals surface area contributed by atoms with Crippen molar-refractivity contribution in [2.75, 3.05) is 33.2 Å². The monoisotopic (exact) mass is 256 g/mol. The van der Waals surface area contributed by atoms with Gasteiger partial charge in [-0.2, -0.15) is 4.76 Å². The van der Waals surface area contributed by atoms with Crippen LogP contribution in [-0.2, 0) is 9.09 Å². The standard InChI is InChI=1S/C7H17N2O2PS2/c1-6-14-7(9(2)3)8-12(10,11-4)13-5/h6H2,1-5H3. The highest BCUT2D eigenvalue weighted by Crippen LogP contribution is 2.59. The lowest BCUT2D eigenvalue weighted by atomic mass is 10.9. The molecular weight excluding hydrogens is 239 g/mol. The number of hydrogen-bond donors (Lipinski definition) is 0. The predicted molar refractivity (Wildman–Crippen MR) is 67.4 cm³/mol. The molecule has 0 aliphatic carbocycles. The molecule has 0 heterocycles. The van der Waals surface area contributed by atoms with Crippen molar-refractivity contribution in [2.45, 2.75) is 6.92 Å². The fraction of sp³-hybridized carbons (Fsp3) is 0.857. The van der Waals surface area contributed by atoms with Crippen LogP contribution in [0.4, 0.5) is 0 Å². The van der Waals surface area contributed by atoms with Gasteiger partial charge in [-0.1, -0.05) is 18.7 Å². The van der Waals surface area contributed by atoms with E-state index in [1.165, 1.54) is 7.11 Å². The summed E-state index contributed by atoms with van der Waals surface area (Å²) in [4.78, 5) is 1.84. The van der Waals surface area contributed by atoms with E-state index in [9.17, 15) is 4.57 Å². The minimum absolute atomic E-state index is 0.743. The Morgan fingerprint density at radius 3 is 2.43 bits per heavy atom. The maximum atomic E-state index is 11.9. The third kappa shape index (κ3) is 4.73. The normalized spacial score (nSPS) is 16.5. The van der Waals surface area contributed by atoms with Crippen molar-refractivity contribution in [1.82, 2.24) is 4.90 Å². The van der Waals surface area contributed by atoms with E-state index < -0.39 is 6.72 Å². The Kier molecular flexibility index (Phi) is 6.95. The second kappa shape index (κ2) is 6.77. The van der Waals surface area contributed by atoms with Gasteiger partial charge in [0.2, 0.25) is 0 Å². The summed E-state index contributed by atoms with van der Waals surface area (Å²) < 4.78 is 20.9. The molecule has 0 N–H and O–H groups in total. The summed E-state index contributed by atoms with van der Waals surface area (Å²) in [6.45, 7) is -0.850. The van der Waals surface area contributed by atoms with Crippen LogP contribution < -0.4 is 0 Å². The Morgan fingerprint density at radius 1 is 1.57 bits per heavy atom. The number of rotatable bonds is 4. The zero-order valence-electron chi connectivity index (χ0n) is 9.18. The van der Waals surface area contributed by atoms with Crippen molar-refractivity contribution in [1.29, 1.82) is 0 Å². The van der Waals surface area contributed by atoms with Crippen LogP contribution in [0.2, 0.25) is 0 Å². The molecule has 0 amide bonds. The predicted octanol–water partition coefficient (Wildman–Crippen LogP) is 2.77. The van der Waals surface area contributed by atoms with Crippen LogP contribution in [0.5, 0.6) is 0 Å². The average Bonchev–Trinajstić information content (AvgIpc) is 2.17. The highest BCUT2D eigenvalue weighted by atomic mass is 32.7. The lowest BCUT2D eigenvalue weighted by molar-refractivity contribution is 0.410. The van der Waals surface area contributed by atoms with Gasteiger partial charge in [0.15, 0.2) is 5.17 Å². The summed E-state index contributed by atoms with van der Waals surface area (Å²) in [5.41, 5.74) is 0. The molecule has 0 aliphatic rings. The molecule has 0 aromatic heterocycles. The Hall–Kier alpha value is 0.360. The van der Waals surface area contributed by atoms with Crippen molar-refractivity contribution in [3.8, 4) is 0 Å². The molecule has 0 fully saturated rings. The zero-order valence-corrected chi connectivity index (χ0v) is 11.7. The van der Waals surface area contributed by atoms with Crippen LogP contribution in [0.1, 0.15) is 6.92 Å². The molecule has 1 unspecified atom stereocenters. The van der Waals surface area contributed by atoms with Crippen LogP contribution in [0, 0.1) is 0 Å². The molecule has 0 aromatic carbocycles. The summed E-state index contributed by atoms with van der Waals surface area (Å²) >= 11 is 2.70. The minimum Gasteiger partial charge on any atom is -0.357 e. The first-order valence-corrected chi connectivity index (χ1v) is 8.50. The molecule has 4 nitrogen and oxygen atoms in total. The lowest BCUT2D eigenvalue weighted by Crippen LogP contribution is -2.18. The Bertz CT molecular complexity index is 238. The Labute approximate surface area is 94.1 Å². The third-order valence-electron chi connectivity index (χ3n) is 1.33. The average molecular weight is 256 g/mol. The van der Waals surface area contributed by atoms with Gasteiger partial charge in [0.1, 0.15) is 0 Å². The van der Waals surface area contributed by atoms with Crippen LogP contribution in [0.3, 0.4) is 0 Å². The van der Waals surface area contributed by atoms with Gasteiger partial charge in [-0.25, -0.2) is 0 Å². The van der Waals surface area contributed by atoms with Gasteiger partial charge in [-0.05, 0) is 23.4 Å². The molecule has 0 saturated heterocycles. The summed E-state index contributed by atoms with van der Waals surface area (Å²) in [5.74, 6) is 0.898.